The van der Waals surface area contributed by atoms with Gasteiger partial charge in [-0.05, 0) is 29.8 Å². The van der Waals surface area contributed by atoms with Crippen molar-refractivity contribution in [3.63, 3.8) is 0 Å². The monoisotopic (exact) mass is 342 g/mol. The molecule has 6 nitrogen and oxygen atoms in total. The molecule has 0 saturated carbocycles. The normalized spacial score (nSPS) is 10.4. The summed E-state index contributed by atoms with van der Waals surface area (Å²) in [6, 6.07) is 12.7. The fourth-order valence-corrected chi connectivity index (χ4v) is 2.42. The number of hydrogen-bond donors (Lipinski definition) is 2. The van der Waals surface area contributed by atoms with Crippen LogP contribution in [0.15, 0.2) is 48.7 Å². The number of aromatic amines is 1. The van der Waals surface area contributed by atoms with Gasteiger partial charge in [-0.1, -0.05) is 23.7 Å². The van der Waals surface area contributed by atoms with Crippen LogP contribution < -0.4 is 10.1 Å². The summed E-state index contributed by atoms with van der Waals surface area (Å²) in [5.74, 6) is 0.173. The number of aromatic nitrogens is 3. The molecule has 0 aliphatic heterocycles. The quantitative estimate of drug-likeness (QED) is 0.745. The first-order valence-corrected chi connectivity index (χ1v) is 7.62. The Labute approximate surface area is 143 Å². The van der Waals surface area contributed by atoms with Gasteiger partial charge in [0, 0.05) is 23.2 Å². The number of hydrogen-bond acceptors (Lipinski definition) is 4. The number of carbonyl (C=O) groups is 1. The van der Waals surface area contributed by atoms with Crippen molar-refractivity contribution in [2.45, 2.75) is 6.42 Å². The Morgan fingerprint density at radius 3 is 2.88 bits per heavy atom. The summed E-state index contributed by atoms with van der Waals surface area (Å²) in [6.45, 7) is 0. The maximum absolute atomic E-state index is 12.2. The van der Waals surface area contributed by atoms with Gasteiger partial charge in [0.25, 0.3) is 5.91 Å². The Morgan fingerprint density at radius 1 is 1.29 bits per heavy atom. The van der Waals surface area contributed by atoms with Crippen molar-refractivity contribution < 1.29 is 9.53 Å². The minimum absolute atomic E-state index is 0.308. The fraction of sp³-hybridized carbons (Fsp3) is 0.118. The summed E-state index contributed by atoms with van der Waals surface area (Å²) in [7, 11) is 1.53. The molecular weight excluding hydrogens is 328 g/mol. The number of benzene rings is 1. The number of ether oxygens (including phenoxy) is 1. The highest BCUT2D eigenvalue weighted by Crippen LogP contribution is 2.15. The van der Waals surface area contributed by atoms with E-state index >= 15 is 0 Å². The highest BCUT2D eigenvalue weighted by atomic mass is 35.5. The van der Waals surface area contributed by atoms with E-state index in [0.29, 0.717) is 28.7 Å². The number of methoxy groups -OCH3 is 1. The lowest BCUT2D eigenvalue weighted by molar-refractivity contribution is 0.102. The molecule has 3 rings (SSSR count). The average molecular weight is 343 g/mol. The van der Waals surface area contributed by atoms with Crippen LogP contribution in [-0.4, -0.2) is 28.2 Å². The van der Waals surface area contributed by atoms with Crippen molar-refractivity contribution in [3.05, 3.63) is 70.6 Å². The molecule has 0 aliphatic rings. The second-order valence-corrected chi connectivity index (χ2v) is 5.56. The second kappa shape index (κ2) is 7.14. The van der Waals surface area contributed by atoms with E-state index in [4.69, 9.17) is 16.3 Å². The zero-order valence-electron chi connectivity index (χ0n) is 12.9. The van der Waals surface area contributed by atoms with Crippen LogP contribution in [-0.2, 0) is 6.42 Å². The van der Waals surface area contributed by atoms with Gasteiger partial charge in [0.2, 0.25) is 5.88 Å². The molecule has 0 fully saturated rings. The molecule has 24 heavy (non-hydrogen) atoms. The molecule has 1 aromatic carbocycles. The Kier molecular flexibility index (Phi) is 4.77. The van der Waals surface area contributed by atoms with Gasteiger partial charge in [0.05, 0.1) is 19.0 Å². The van der Waals surface area contributed by atoms with Crippen LogP contribution in [0.2, 0.25) is 5.02 Å². The van der Waals surface area contributed by atoms with E-state index in [2.05, 4.69) is 20.5 Å². The van der Waals surface area contributed by atoms with Gasteiger partial charge in [-0.25, -0.2) is 4.98 Å². The summed E-state index contributed by atoms with van der Waals surface area (Å²) in [5, 5.41) is 10.3. The fourth-order valence-electron chi connectivity index (χ4n) is 2.21. The zero-order chi connectivity index (χ0) is 16.9. The third kappa shape index (κ3) is 3.91. The molecule has 0 radical (unpaired) electrons. The first-order valence-electron chi connectivity index (χ1n) is 7.24. The Bertz CT molecular complexity index is 846. The van der Waals surface area contributed by atoms with Crippen molar-refractivity contribution in [1.82, 2.24) is 15.2 Å². The summed E-state index contributed by atoms with van der Waals surface area (Å²) in [5.41, 5.74) is 2.75. The van der Waals surface area contributed by atoms with Crippen LogP contribution in [0.5, 0.6) is 5.88 Å². The van der Waals surface area contributed by atoms with Crippen LogP contribution in [0.25, 0.3) is 0 Å². The van der Waals surface area contributed by atoms with Crippen molar-refractivity contribution in [1.29, 1.82) is 0 Å². The summed E-state index contributed by atoms with van der Waals surface area (Å²) >= 11 is 5.97. The Balaban J connectivity index is 1.66. The van der Waals surface area contributed by atoms with Crippen molar-refractivity contribution in [2.24, 2.45) is 0 Å². The number of rotatable bonds is 5. The van der Waals surface area contributed by atoms with Gasteiger partial charge in [-0.15, -0.1) is 0 Å². The van der Waals surface area contributed by atoms with E-state index in [1.54, 1.807) is 18.2 Å². The standard InChI is InChI=1S/C17H15ClN4O2/c1-24-16-6-5-13(10-19-16)20-17(23)15-9-14(21-22-15)8-11-3-2-4-12(18)7-11/h2-7,9-10H,8H2,1H3,(H,20,23)(H,21,22). The molecule has 0 atom stereocenters. The number of halogens is 1. The van der Waals surface area contributed by atoms with Gasteiger partial charge in [-0.3, -0.25) is 9.89 Å². The lowest BCUT2D eigenvalue weighted by atomic mass is 10.1. The maximum atomic E-state index is 12.2. The molecule has 0 bridgehead atoms. The number of amides is 1. The van der Waals surface area contributed by atoms with Gasteiger partial charge >= 0.3 is 0 Å². The summed E-state index contributed by atoms with van der Waals surface area (Å²) in [6.07, 6.45) is 2.14. The van der Waals surface area contributed by atoms with Crippen molar-refractivity contribution in [3.8, 4) is 5.88 Å². The minimum atomic E-state index is -0.310. The summed E-state index contributed by atoms with van der Waals surface area (Å²) in [4.78, 5) is 16.3. The van der Waals surface area contributed by atoms with Gasteiger partial charge in [-0.2, -0.15) is 5.10 Å². The van der Waals surface area contributed by atoms with E-state index in [1.807, 2.05) is 24.3 Å². The molecule has 0 saturated heterocycles. The SMILES string of the molecule is COc1ccc(NC(=O)c2cc(Cc3cccc(Cl)c3)[nH]n2)cn1. The van der Waals surface area contributed by atoms with E-state index in [1.165, 1.54) is 13.3 Å². The lowest BCUT2D eigenvalue weighted by Crippen LogP contribution is -2.12. The van der Waals surface area contributed by atoms with E-state index < -0.39 is 0 Å². The first kappa shape index (κ1) is 16.0. The first-order chi connectivity index (χ1) is 11.6. The minimum Gasteiger partial charge on any atom is -0.481 e. The number of carbonyl (C=O) groups excluding carboxylic acids is 1. The van der Waals surface area contributed by atoms with Gasteiger partial charge in [0.15, 0.2) is 5.69 Å². The smallest absolute Gasteiger partial charge is 0.276 e. The Morgan fingerprint density at radius 2 is 2.17 bits per heavy atom. The topological polar surface area (TPSA) is 79.9 Å². The van der Waals surface area contributed by atoms with E-state index in [0.717, 1.165) is 11.3 Å². The third-order valence-corrected chi connectivity index (χ3v) is 3.59. The molecule has 2 aromatic heterocycles. The number of pyridine rings is 1. The van der Waals surface area contributed by atoms with Crippen LogP contribution >= 0.6 is 11.6 Å². The molecule has 2 heterocycles. The molecule has 0 aliphatic carbocycles. The second-order valence-electron chi connectivity index (χ2n) is 5.13. The number of nitrogens with zero attached hydrogens (tertiary/aromatic N) is 2. The zero-order valence-corrected chi connectivity index (χ0v) is 13.7. The van der Waals surface area contributed by atoms with Crippen molar-refractivity contribution >= 4 is 23.2 Å². The van der Waals surface area contributed by atoms with Crippen molar-refractivity contribution in [2.75, 3.05) is 12.4 Å². The molecule has 122 valence electrons. The molecule has 1 amide bonds. The number of H-pyrrole nitrogens is 1. The lowest BCUT2D eigenvalue weighted by Gasteiger charge is -2.03. The van der Waals surface area contributed by atoms with Gasteiger partial charge < -0.3 is 10.1 Å². The molecule has 7 heteroatoms. The maximum Gasteiger partial charge on any atom is 0.276 e. The Hall–Kier alpha value is -2.86. The number of nitrogens with one attached hydrogen (secondary N) is 2. The van der Waals surface area contributed by atoms with Crippen LogP contribution in [0.4, 0.5) is 5.69 Å². The highest BCUT2D eigenvalue weighted by Gasteiger charge is 2.11. The van der Waals surface area contributed by atoms with E-state index in [9.17, 15) is 4.79 Å². The van der Waals surface area contributed by atoms with Crippen LogP contribution in [0, 0.1) is 0 Å². The van der Waals surface area contributed by atoms with Crippen LogP contribution in [0.1, 0.15) is 21.7 Å². The largest absolute Gasteiger partial charge is 0.481 e. The predicted octanol–water partition coefficient (Wildman–Crippen LogP) is 3.31. The molecular formula is C17H15ClN4O2. The number of anilines is 1. The third-order valence-electron chi connectivity index (χ3n) is 3.35. The van der Waals surface area contributed by atoms with E-state index in [-0.39, 0.29) is 5.91 Å². The molecule has 3 aromatic rings. The van der Waals surface area contributed by atoms with Crippen LogP contribution in [0.3, 0.4) is 0 Å². The molecule has 0 spiro atoms. The predicted molar refractivity (Wildman–Crippen MR) is 91.6 cm³/mol. The summed E-state index contributed by atoms with van der Waals surface area (Å²) < 4.78 is 4.98. The average Bonchev–Trinajstić information content (AvgIpc) is 3.04. The highest BCUT2D eigenvalue weighted by molar-refractivity contribution is 6.30. The molecule has 2 N–H and O–H groups in total. The van der Waals surface area contributed by atoms with Gasteiger partial charge in [0.1, 0.15) is 0 Å². The molecule has 0 unspecified atom stereocenters.